The number of carbonyl (C=O) groups excluding carboxylic acids is 3. The molecule has 2 aromatic carbocycles. The van der Waals surface area contributed by atoms with Gasteiger partial charge < -0.3 is 15.0 Å². The summed E-state index contributed by atoms with van der Waals surface area (Å²) in [6, 6.07) is 14.2. The highest BCUT2D eigenvalue weighted by molar-refractivity contribution is 7.23. The molecule has 0 bridgehead atoms. The fourth-order valence-electron chi connectivity index (χ4n) is 4.77. The molecule has 1 aromatic heterocycles. The normalized spacial score (nSPS) is 16.3. The van der Waals surface area contributed by atoms with Gasteiger partial charge in [0.2, 0.25) is 0 Å². The fourth-order valence-corrected chi connectivity index (χ4v) is 5.86. The van der Waals surface area contributed by atoms with Gasteiger partial charge in [-0.3, -0.25) is 14.9 Å². The zero-order valence-corrected chi connectivity index (χ0v) is 20.0. The van der Waals surface area contributed by atoms with Crippen molar-refractivity contribution in [3.05, 3.63) is 59.2 Å². The molecule has 2 aliphatic heterocycles. The van der Waals surface area contributed by atoms with Crippen molar-refractivity contribution < 1.29 is 19.1 Å². The van der Waals surface area contributed by atoms with Gasteiger partial charge in [0, 0.05) is 42.6 Å². The van der Waals surface area contributed by atoms with Crippen LogP contribution in [0.15, 0.2) is 42.5 Å². The van der Waals surface area contributed by atoms with E-state index in [1.165, 1.54) is 11.3 Å². The maximum Gasteiger partial charge on any atom is 0.319 e. The SMILES string of the molecule is CCNC(=O)Nc1sc2ccccc2c1C(=O)N1CCC2(CC1)CC(=O)c1ccc(C#N)cc1O2. The topological polar surface area (TPSA) is 112 Å². The lowest BCUT2D eigenvalue weighted by molar-refractivity contribution is -0.00563. The number of anilines is 1. The molecule has 1 spiro atoms. The van der Waals surface area contributed by atoms with Crippen molar-refractivity contribution in [2.24, 2.45) is 0 Å². The number of benzene rings is 2. The molecule has 8 nitrogen and oxygen atoms in total. The molecule has 0 atom stereocenters. The number of fused-ring (bicyclic) bond motifs is 2. The van der Waals surface area contributed by atoms with Gasteiger partial charge in [0.15, 0.2) is 5.78 Å². The molecule has 2 N–H and O–H groups in total. The molecule has 0 radical (unpaired) electrons. The molecule has 1 saturated heterocycles. The highest BCUT2D eigenvalue weighted by Crippen LogP contribution is 2.41. The second-order valence-electron chi connectivity index (χ2n) is 8.79. The van der Waals surface area contributed by atoms with E-state index in [9.17, 15) is 19.6 Å². The number of nitrogens with zero attached hydrogens (tertiary/aromatic N) is 2. The van der Waals surface area contributed by atoms with Crippen molar-refractivity contribution in [2.75, 3.05) is 25.0 Å². The number of Topliss-reactive ketones (excluding diaryl/α,β-unsaturated/α-hetero) is 1. The van der Waals surface area contributed by atoms with Crippen LogP contribution in [0.4, 0.5) is 9.80 Å². The van der Waals surface area contributed by atoms with Crippen molar-refractivity contribution in [3.63, 3.8) is 0 Å². The van der Waals surface area contributed by atoms with Crippen LogP contribution in [0.1, 0.15) is 52.5 Å². The minimum Gasteiger partial charge on any atom is -0.486 e. The summed E-state index contributed by atoms with van der Waals surface area (Å²) in [6.07, 6.45) is 1.25. The molecule has 3 amide bonds. The molecular weight excluding hydrogens is 464 g/mol. The number of thiophene rings is 1. The predicted octanol–water partition coefficient (Wildman–Crippen LogP) is 4.55. The number of hydrogen-bond acceptors (Lipinski definition) is 6. The lowest BCUT2D eigenvalue weighted by Gasteiger charge is -2.44. The first-order chi connectivity index (χ1) is 16.9. The number of hydrogen-bond donors (Lipinski definition) is 2. The summed E-state index contributed by atoms with van der Waals surface area (Å²) in [5.41, 5.74) is 0.738. The van der Waals surface area contributed by atoms with E-state index < -0.39 is 5.60 Å². The van der Waals surface area contributed by atoms with Crippen LogP contribution in [0.5, 0.6) is 5.75 Å². The molecule has 2 aliphatic rings. The molecule has 178 valence electrons. The van der Waals surface area contributed by atoms with Crippen LogP contribution in [0.3, 0.4) is 0 Å². The van der Waals surface area contributed by atoms with E-state index in [0.717, 1.165) is 10.1 Å². The Morgan fingerprint density at radius 3 is 2.71 bits per heavy atom. The third-order valence-corrected chi connectivity index (χ3v) is 7.64. The van der Waals surface area contributed by atoms with Gasteiger partial charge in [-0.05, 0) is 31.2 Å². The smallest absolute Gasteiger partial charge is 0.319 e. The third kappa shape index (κ3) is 4.21. The molecule has 3 heterocycles. The lowest BCUT2D eigenvalue weighted by atomic mass is 9.82. The quantitative estimate of drug-likeness (QED) is 0.562. The number of rotatable bonds is 3. The summed E-state index contributed by atoms with van der Waals surface area (Å²) in [5.74, 6) is 0.281. The fraction of sp³-hybridized carbons (Fsp3) is 0.308. The van der Waals surface area contributed by atoms with E-state index in [-0.39, 0.29) is 24.1 Å². The average molecular weight is 489 g/mol. The zero-order valence-electron chi connectivity index (χ0n) is 19.2. The lowest BCUT2D eigenvalue weighted by Crippen LogP contribution is -2.52. The Hall–Kier alpha value is -3.90. The Kier molecular flexibility index (Phi) is 5.91. The van der Waals surface area contributed by atoms with Crippen LogP contribution in [0, 0.1) is 11.3 Å². The first-order valence-electron chi connectivity index (χ1n) is 11.5. The number of ether oxygens (including phenoxy) is 1. The largest absolute Gasteiger partial charge is 0.486 e. The highest BCUT2D eigenvalue weighted by Gasteiger charge is 2.44. The highest BCUT2D eigenvalue weighted by atomic mass is 32.1. The summed E-state index contributed by atoms with van der Waals surface area (Å²) in [4.78, 5) is 40.5. The van der Waals surface area contributed by atoms with E-state index in [1.54, 1.807) is 23.1 Å². The van der Waals surface area contributed by atoms with Crippen molar-refractivity contribution >= 4 is 44.1 Å². The Balaban J connectivity index is 1.38. The second kappa shape index (κ2) is 9.04. The minimum absolute atomic E-state index is 0.00670. The zero-order chi connectivity index (χ0) is 24.6. The molecule has 0 unspecified atom stereocenters. The average Bonchev–Trinajstić information content (AvgIpc) is 3.21. The second-order valence-corrected chi connectivity index (χ2v) is 9.84. The number of ketones is 1. The molecule has 0 aliphatic carbocycles. The van der Waals surface area contributed by atoms with Crippen LogP contribution in [0.25, 0.3) is 10.1 Å². The van der Waals surface area contributed by atoms with Gasteiger partial charge in [0.25, 0.3) is 5.91 Å². The monoisotopic (exact) mass is 488 g/mol. The number of amides is 3. The van der Waals surface area contributed by atoms with E-state index >= 15 is 0 Å². The van der Waals surface area contributed by atoms with Crippen molar-refractivity contribution in [3.8, 4) is 11.8 Å². The summed E-state index contributed by atoms with van der Waals surface area (Å²) in [6.45, 7) is 3.15. The van der Waals surface area contributed by atoms with Gasteiger partial charge in [0.1, 0.15) is 16.4 Å². The van der Waals surface area contributed by atoms with Crippen LogP contribution in [0.2, 0.25) is 0 Å². The Morgan fingerprint density at radius 2 is 1.97 bits per heavy atom. The van der Waals surface area contributed by atoms with Crippen LogP contribution in [-0.4, -0.2) is 47.9 Å². The number of likely N-dealkylation sites (tertiary alicyclic amines) is 1. The Morgan fingerprint density at radius 1 is 1.20 bits per heavy atom. The van der Waals surface area contributed by atoms with E-state index in [4.69, 9.17) is 4.74 Å². The molecule has 5 rings (SSSR count). The molecule has 0 saturated carbocycles. The van der Waals surface area contributed by atoms with Gasteiger partial charge in [-0.2, -0.15) is 5.26 Å². The van der Waals surface area contributed by atoms with E-state index in [1.807, 2.05) is 31.2 Å². The molecule has 3 aromatic rings. The number of carbonyl (C=O) groups is 3. The first-order valence-corrected chi connectivity index (χ1v) is 12.4. The van der Waals surface area contributed by atoms with E-state index in [0.29, 0.717) is 59.9 Å². The summed E-state index contributed by atoms with van der Waals surface area (Å²) in [7, 11) is 0. The van der Waals surface area contributed by atoms with E-state index in [2.05, 4.69) is 16.7 Å². The van der Waals surface area contributed by atoms with Crippen molar-refractivity contribution in [1.29, 1.82) is 5.26 Å². The standard InChI is InChI=1S/C26H24N4O4S/c1-2-28-25(33)29-23-22(18-5-3-4-6-21(18)35-23)24(32)30-11-9-26(10-12-30)14-19(31)17-8-7-16(15-27)13-20(17)34-26/h3-8,13H,2,9-12,14H2,1H3,(H2,28,29,33). The number of nitrogens with one attached hydrogen (secondary N) is 2. The molecule has 35 heavy (non-hydrogen) atoms. The van der Waals surface area contributed by atoms with Crippen molar-refractivity contribution in [1.82, 2.24) is 10.2 Å². The van der Waals surface area contributed by atoms with Gasteiger partial charge >= 0.3 is 6.03 Å². The summed E-state index contributed by atoms with van der Waals surface area (Å²) < 4.78 is 7.21. The molecule has 9 heteroatoms. The maximum absolute atomic E-state index is 13.7. The first kappa shape index (κ1) is 22.9. The number of piperidine rings is 1. The summed E-state index contributed by atoms with van der Waals surface area (Å²) in [5, 5.41) is 16.1. The van der Waals surface area contributed by atoms with Crippen LogP contribution >= 0.6 is 11.3 Å². The van der Waals surface area contributed by atoms with Gasteiger partial charge in [-0.25, -0.2) is 4.79 Å². The van der Waals surface area contributed by atoms with Crippen LogP contribution < -0.4 is 15.4 Å². The minimum atomic E-state index is -0.687. The number of urea groups is 1. The van der Waals surface area contributed by atoms with Crippen LogP contribution in [-0.2, 0) is 0 Å². The third-order valence-electron chi connectivity index (χ3n) is 6.56. The number of nitriles is 1. The van der Waals surface area contributed by atoms with Gasteiger partial charge in [-0.15, -0.1) is 11.3 Å². The Labute approximate surface area is 206 Å². The predicted molar refractivity (Wildman–Crippen MR) is 133 cm³/mol. The van der Waals surface area contributed by atoms with Gasteiger partial charge in [0.05, 0.1) is 29.2 Å². The summed E-state index contributed by atoms with van der Waals surface area (Å²) >= 11 is 1.37. The van der Waals surface area contributed by atoms with Gasteiger partial charge in [-0.1, -0.05) is 18.2 Å². The molecular formula is C26H24N4O4S. The Bertz CT molecular complexity index is 1380. The molecule has 1 fully saturated rings. The maximum atomic E-state index is 13.7. The van der Waals surface area contributed by atoms with Crippen molar-refractivity contribution in [2.45, 2.75) is 31.8 Å².